The molecule has 0 bridgehead atoms. The van der Waals surface area contributed by atoms with Crippen LogP contribution in [0.4, 0.5) is 0 Å². The van der Waals surface area contributed by atoms with Crippen molar-refractivity contribution in [1.82, 2.24) is 20.5 Å². The molecule has 0 amide bonds. The normalized spacial score (nSPS) is 16.4. The molecule has 1 aromatic carbocycles. The first-order chi connectivity index (χ1) is 13.7. The fraction of sp³-hybridized carbons (Fsp3) is 0.478. The number of rotatable bonds is 6. The van der Waals surface area contributed by atoms with Crippen LogP contribution in [0.15, 0.2) is 53.7 Å². The van der Waals surface area contributed by atoms with Gasteiger partial charge in [-0.1, -0.05) is 24.3 Å². The fourth-order valence-electron chi connectivity index (χ4n) is 3.61. The number of hydrogen-bond acceptors (Lipinski definition) is 3. The van der Waals surface area contributed by atoms with Crippen LogP contribution in [0.3, 0.4) is 0 Å². The molecule has 1 saturated heterocycles. The van der Waals surface area contributed by atoms with Crippen molar-refractivity contribution >= 4 is 5.96 Å². The summed E-state index contributed by atoms with van der Waals surface area (Å²) >= 11 is 0. The Balaban J connectivity index is 1.62. The minimum atomic E-state index is 0.493. The van der Waals surface area contributed by atoms with E-state index in [-0.39, 0.29) is 0 Å². The van der Waals surface area contributed by atoms with Gasteiger partial charge in [0.1, 0.15) is 0 Å². The largest absolute Gasteiger partial charge is 0.357 e. The molecule has 1 aromatic heterocycles. The predicted octanol–water partition coefficient (Wildman–Crippen LogP) is 3.68. The van der Waals surface area contributed by atoms with Crippen LogP contribution < -0.4 is 10.6 Å². The van der Waals surface area contributed by atoms with Crippen LogP contribution in [0.5, 0.6) is 0 Å². The van der Waals surface area contributed by atoms with Gasteiger partial charge < -0.3 is 15.5 Å². The standard InChI is InChI=1S/C23H33N5/c1-4-24-23(27-21-11-14-28(15-12-21)18(2)3)26-17-19-8-7-9-20(16-19)22-10-5-6-13-25-22/h5-10,13,16,18,21H,4,11-12,14-15,17H2,1-3H3,(H2,24,26,27). The lowest BCUT2D eigenvalue weighted by atomic mass is 10.0. The van der Waals surface area contributed by atoms with Crippen LogP contribution in [0.2, 0.25) is 0 Å². The van der Waals surface area contributed by atoms with Gasteiger partial charge >= 0.3 is 0 Å². The van der Waals surface area contributed by atoms with E-state index >= 15 is 0 Å². The van der Waals surface area contributed by atoms with Crippen molar-refractivity contribution < 1.29 is 0 Å². The summed E-state index contributed by atoms with van der Waals surface area (Å²) in [7, 11) is 0. The van der Waals surface area contributed by atoms with E-state index in [0.717, 1.165) is 49.7 Å². The molecule has 0 radical (unpaired) electrons. The van der Waals surface area contributed by atoms with Crippen LogP contribution in [-0.2, 0) is 6.54 Å². The molecule has 3 rings (SSSR count). The molecule has 28 heavy (non-hydrogen) atoms. The average molecular weight is 380 g/mol. The van der Waals surface area contributed by atoms with Crippen LogP contribution in [0.25, 0.3) is 11.3 Å². The van der Waals surface area contributed by atoms with Gasteiger partial charge in [0.05, 0.1) is 12.2 Å². The van der Waals surface area contributed by atoms with Gasteiger partial charge in [0.15, 0.2) is 5.96 Å². The molecule has 150 valence electrons. The zero-order valence-corrected chi connectivity index (χ0v) is 17.4. The van der Waals surface area contributed by atoms with Crippen LogP contribution in [0, 0.1) is 0 Å². The van der Waals surface area contributed by atoms with E-state index in [4.69, 9.17) is 4.99 Å². The highest BCUT2D eigenvalue weighted by Gasteiger charge is 2.21. The zero-order valence-electron chi connectivity index (χ0n) is 17.4. The monoisotopic (exact) mass is 379 g/mol. The van der Waals surface area contributed by atoms with E-state index in [1.54, 1.807) is 0 Å². The second-order valence-corrected chi connectivity index (χ2v) is 7.66. The van der Waals surface area contributed by atoms with E-state index in [0.29, 0.717) is 18.6 Å². The maximum atomic E-state index is 4.83. The van der Waals surface area contributed by atoms with Crippen molar-refractivity contribution in [2.45, 2.75) is 52.2 Å². The van der Waals surface area contributed by atoms with Crippen molar-refractivity contribution in [1.29, 1.82) is 0 Å². The third kappa shape index (κ3) is 5.80. The number of piperidine rings is 1. The van der Waals surface area contributed by atoms with Crippen molar-refractivity contribution in [2.75, 3.05) is 19.6 Å². The molecular formula is C23H33N5. The molecule has 2 N–H and O–H groups in total. The van der Waals surface area contributed by atoms with Gasteiger partial charge in [-0.25, -0.2) is 4.99 Å². The topological polar surface area (TPSA) is 52.6 Å². The molecule has 1 fully saturated rings. The van der Waals surface area contributed by atoms with Crippen molar-refractivity contribution in [3.63, 3.8) is 0 Å². The summed E-state index contributed by atoms with van der Waals surface area (Å²) in [5.74, 6) is 0.911. The van der Waals surface area contributed by atoms with Gasteiger partial charge in [-0.3, -0.25) is 4.98 Å². The van der Waals surface area contributed by atoms with Gasteiger partial charge in [0.25, 0.3) is 0 Å². The lowest BCUT2D eigenvalue weighted by Crippen LogP contribution is -2.49. The number of pyridine rings is 1. The first-order valence-corrected chi connectivity index (χ1v) is 10.4. The molecule has 0 spiro atoms. The van der Waals surface area contributed by atoms with Gasteiger partial charge in [0, 0.05) is 43.5 Å². The molecular weight excluding hydrogens is 346 g/mol. The smallest absolute Gasteiger partial charge is 0.191 e. The molecule has 0 atom stereocenters. The van der Waals surface area contributed by atoms with E-state index in [2.05, 4.69) is 65.6 Å². The van der Waals surface area contributed by atoms with E-state index in [1.807, 2.05) is 24.4 Å². The van der Waals surface area contributed by atoms with Crippen molar-refractivity contribution in [3.8, 4) is 11.3 Å². The van der Waals surface area contributed by atoms with Crippen molar-refractivity contribution in [2.24, 2.45) is 4.99 Å². The highest BCUT2D eigenvalue weighted by atomic mass is 15.2. The quantitative estimate of drug-likeness (QED) is 0.594. The van der Waals surface area contributed by atoms with Gasteiger partial charge in [-0.05, 0) is 57.4 Å². The van der Waals surface area contributed by atoms with Crippen LogP contribution in [-0.4, -0.2) is 47.6 Å². The van der Waals surface area contributed by atoms with E-state index < -0.39 is 0 Å². The summed E-state index contributed by atoms with van der Waals surface area (Å²) in [6, 6.07) is 15.6. The summed E-state index contributed by atoms with van der Waals surface area (Å²) in [6.45, 7) is 10.5. The number of guanidine groups is 1. The Hall–Kier alpha value is -2.40. The molecule has 0 unspecified atom stereocenters. The maximum absolute atomic E-state index is 4.83. The second-order valence-electron chi connectivity index (χ2n) is 7.66. The number of aromatic nitrogens is 1. The first-order valence-electron chi connectivity index (χ1n) is 10.4. The molecule has 2 aromatic rings. The Morgan fingerprint density at radius 3 is 2.68 bits per heavy atom. The Morgan fingerprint density at radius 1 is 1.18 bits per heavy atom. The minimum Gasteiger partial charge on any atom is -0.357 e. The van der Waals surface area contributed by atoms with Gasteiger partial charge in [-0.2, -0.15) is 0 Å². The summed E-state index contributed by atoms with van der Waals surface area (Å²) in [4.78, 5) is 11.8. The molecule has 2 heterocycles. The number of aliphatic imine (C=N–C) groups is 1. The Kier molecular flexibility index (Phi) is 7.43. The number of nitrogens with one attached hydrogen (secondary N) is 2. The number of benzene rings is 1. The molecule has 5 nitrogen and oxygen atoms in total. The summed E-state index contributed by atoms with van der Waals surface area (Å²) < 4.78 is 0. The predicted molar refractivity (Wildman–Crippen MR) is 117 cm³/mol. The highest BCUT2D eigenvalue weighted by molar-refractivity contribution is 5.80. The zero-order chi connectivity index (χ0) is 19.8. The van der Waals surface area contributed by atoms with Gasteiger partial charge in [0.2, 0.25) is 0 Å². The summed E-state index contributed by atoms with van der Waals surface area (Å²) in [5, 5.41) is 7.03. The molecule has 5 heteroatoms. The fourth-order valence-corrected chi connectivity index (χ4v) is 3.61. The lowest BCUT2D eigenvalue weighted by Gasteiger charge is -2.35. The first kappa shape index (κ1) is 20.3. The molecule has 1 aliphatic rings. The average Bonchev–Trinajstić information content (AvgIpc) is 2.73. The third-order valence-corrected chi connectivity index (χ3v) is 5.25. The SMILES string of the molecule is CCNC(=NCc1cccc(-c2ccccn2)c1)NC1CCN(C(C)C)CC1. The third-order valence-electron chi connectivity index (χ3n) is 5.25. The second kappa shape index (κ2) is 10.2. The van der Waals surface area contributed by atoms with Crippen molar-refractivity contribution in [3.05, 3.63) is 54.2 Å². The van der Waals surface area contributed by atoms with Gasteiger partial charge in [-0.15, -0.1) is 0 Å². The lowest BCUT2D eigenvalue weighted by molar-refractivity contribution is 0.167. The van der Waals surface area contributed by atoms with E-state index in [9.17, 15) is 0 Å². The Morgan fingerprint density at radius 2 is 2.00 bits per heavy atom. The highest BCUT2D eigenvalue weighted by Crippen LogP contribution is 2.18. The maximum Gasteiger partial charge on any atom is 0.191 e. The van der Waals surface area contributed by atoms with Crippen LogP contribution in [0.1, 0.15) is 39.2 Å². The Labute approximate surface area is 169 Å². The van der Waals surface area contributed by atoms with E-state index in [1.165, 1.54) is 5.56 Å². The minimum absolute atomic E-state index is 0.493. The number of hydrogen-bond donors (Lipinski definition) is 2. The summed E-state index contributed by atoms with van der Waals surface area (Å²) in [6.07, 6.45) is 4.16. The Bertz CT molecular complexity index is 749. The number of likely N-dealkylation sites (tertiary alicyclic amines) is 1. The number of nitrogens with zero attached hydrogens (tertiary/aromatic N) is 3. The summed E-state index contributed by atoms with van der Waals surface area (Å²) in [5.41, 5.74) is 3.32. The molecule has 1 aliphatic heterocycles. The molecule has 0 saturated carbocycles. The molecule has 0 aliphatic carbocycles. The van der Waals surface area contributed by atoms with Crippen LogP contribution >= 0.6 is 0 Å².